The monoisotopic (exact) mass is 194 g/mol. The van der Waals surface area contributed by atoms with Crippen molar-refractivity contribution in [2.75, 3.05) is 0 Å². The molecule has 15 heavy (non-hydrogen) atoms. The number of ketones is 1. The predicted molar refractivity (Wildman–Crippen MR) is 60.4 cm³/mol. The number of Topliss-reactive ketones (excluding diaryl/α,β-unsaturated/α-hetero) is 1. The summed E-state index contributed by atoms with van der Waals surface area (Å²) in [5, 5.41) is 0. The van der Waals surface area contributed by atoms with Crippen LogP contribution in [0.15, 0.2) is 54.1 Å². The molecule has 0 aromatic heterocycles. The fraction of sp³-hybridized carbons (Fsp3) is 0.0714. The van der Waals surface area contributed by atoms with Crippen LogP contribution < -0.4 is 0 Å². The predicted octanol–water partition coefficient (Wildman–Crippen LogP) is 2.76. The summed E-state index contributed by atoms with van der Waals surface area (Å²) in [6.07, 6.45) is 6.76. The van der Waals surface area contributed by atoms with Crippen LogP contribution in [0.1, 0.15) is 16.8 Å². The zero-order chi connectivity index (χ0) is 10.5. The van der Waals surface area contributed by atoms with Gasteiger partial charge < -0.3 is 0 Å². The molecule has 0 bridgehead atoms. The first-order valence-corrected chi connectivity index (χ1v) is 4.83. The third-order valence-corrected chi connectivity index (χ3v) is 2.14. The maximum Gasteiger partial charge on any atom is 0.236 e. The molecule has 1 aromatic carbocycles. The largest absolute Gasteiger partial charge is 0.279 e. The first-order valence-electron chi connectivity index (χ1n) is 4.83. The van der Waals surface area contributed by atoms with Crippen LogP contribution in [-0.4, -0.2) is 5.78 Å². The van der Waals surface area contributed by atoms with Gasteiger partial charge in [-0.15, -0.1) is 0 Å². The van der Waals surface area contributed by atoms with E-state index in [0.29, 0.717) is 5.56 Å². The van der Waals surface area contributed by atoms with E-state index in [9.17, 15) is 4.79 Å². The molecule has 1 aliphatic carbocycles. The molecule has 0 amide bonds. The van der Waals surface area contributed by atoms with Crippen LogP contribution >= 0.6 is 0 Å². The average molecular weight is 194 g/mol. The van der Waals surface area contributed by atoms with Gasteiger partial charge in [-0.1, -0.05) is 54.5 Å². The quantitative estimate of drug-likeness (QED) is 0.381. The van der Waals surface area contributed by atoms with Crippen molar-refractivity contribution in [3.63, 3.8) is 0 Å². The van der Waals surface area contributed by atoms with Gasteiger partial charge in [0.15, 0.2) is 0 Å². The highest BCUT2D eigenvalue weighted by atomic mass is 16.1. The maximum atomic E-state index is 11.6. The van der Waals surface area contributed by atoms with Crippen molar-refractivity contribution in [2.24, 2.45) is 0 Å². The minimum atomic E-state index is -0.122. The third-order valence-electron chi connectivity index (χ3n) is 2.14. The van der Waals surface area contributed by atoms with E-state index in [0.717, 1.165) is 12.0 Å². The van der Waals surface area contributed by atoms with Crippen LogP contribution in [0.4, 0.5) is 0 Å². The lowest BCUT2D eigenvalue weighted by molar-refractivity contribution is 0.105. The van der Waals surface area contributed by atoms with Crippen molar-refractivity contribution in [3.05, 3.63) is 59.7 Å². The lowest BCUT2D eigenvalue weighted by Gasteiger charge is -1.91. The Morgan fingerprint density at radius 3 is 2.67 bits per heavy atom. The Morgan fingerprint density at radius 2 is 2.00 bits per heavy atom. The highest BCUT2D eigenvalue weighted by molar-refractivity contribution is 6.09. The van der Waals surface area contributed by atoms with E-state index in [1.54, 1.807) is 12.1 Å². The Labute approximate surface area is 89.1 Å². The Bertz CT molecular complexity index is 481. The van der Waals surface area contributed by atoms with Crippen LogP contribution in [-0.2, 0) is 0 Å². The first-order chi connectivity index (χ1) is 7.36. The van der Waals surface area contributed by atoms with Gasteiger partial charge in [-0.3, -0.25) is 4.79 Å². The molecule has 2 rings (SSSR count). The Hall–Kier alpha value is -2.07. The van der Waals surface area contributed by atoms with Crippen molar-refractivity contribution in [1.82, 2.24) is 0 Å². The summed E-state index contributed by atoms with van der Waals surface area (Å²) < 4.78 is 0. The number of carbonyl (C=O) groups excluding carboxylic acids is 1. The van der Waals surface area contributed by atoms with Gasteiger partial charge in [0.1, 0.15) is 0 Å². The van der Waals surface area contributed by atoms with E-state index >= 15 is 0 Å². The van der Waals surface area contributed by atoms with Gasteiger partial charge in [0.25, 0.3) is 0 Å². The fourth-order valence-electron chi connectivity index (χ4n) is 1.34. The Balaban J connectivity index is 2.10. The van der Waals surface area contributed by atoms with Crippen molar-refractivity contribution in [2.45, 2.75) is 6.42 Å². The van der Waals surface area contributed by atoms with E-state index in [4.69, 9.17) is 0 Å². The van der Waals surface area contributed by atoms with Gasteiger partial charge in [-0.05, 0) is 12.3 Å². The molecule has 0 N–H and O–H groups in total. The summed E-state index contributed by atoms with van der Waals surface area (Å²) in [5.74, 6) is 5.40. The number of allylic oxidation sites excluding steroid dienone is 4. The molecule has 0 spiro atoms. The summed E-state index contributed by atoms with van der Waals surface area (Å²) in [7, 11) is 0. The van der Waals surface area contributed by atoms with E-state index < -0.39 is 0 Å². The second kappa shape index (κ2) is 4.43. The lowest BCUT2D eigenvalue weighted by atomic mass is 10.1. The average Bonchev–Trinajstić information content (AvgIpc) is 2.80. The topological polar surface area (TPSA) is 17.1 Å². The van der Waals surface area contributed by atoms with Gasteiger partial charge in [0.2, 0.25) is 5.78 Å². The number of hydrogen-bond donors (Lipinski definition) is 0. The summed E-state index contributed by atoms with van der Waals surface area (Å²) in [6, 6.07) is 9.11. The molecule has 1 nitrogen and oxygen atoms in total. The van der Waals surface area contributed by atoms with Crippen molar-refractivity contribution in [3.8, 4) is 11.8 Å². The SMILES string of the molecule is O=C(C#CC1=CC=CC1)c1ccccc1. The molecule has 1 aromatic rings. The van der Waals surface area contributed by atoms with Gasteiger partial charge in [-0.2, -0.15) is 0 Å². The van der Waals surface area contributed by atoms with Crippen LogP contribution in [0.5, 0.6) is 0 Å². The van der Waals surface area contributed by atoms with Gasteiger partial charge in [0.05, 0.1) is 0 Å². The minimum absolute atomic E-state index is 0.122. The second-order valence-corrected chi connectivity index (χ2v) is 3.27. The number of benzene rings is 1. The van der Waals surface area contributed by atoms with E-state index in [-0.39, 0.29) is 5.78 Å². The molecule has 0 saturated carbocycles. The van der Waals surface area contributed by atoms with Crippen molar-refractivity contribution in [1.29, 1.82) is 0 Å². The van der Waals surface area contributed by atoms with E-state index in [2.05, 4.69) is 11.8 Å². The molecular formula is C14H10O. The first kappa shape index (κ1) is 9.48. The van der Waals surface area contributed by atoms with Crippen LogP contribution in [0.3, 0.4) is 0 Å². The molecule has 1 heteroatoms. The summed E-state index contributed by atoms with van der Waals surface area (Å²) >= 11 is 0. The normalized spacial score (nSPS) is 12.9. The molecule has 0 aliphatic heterocycles. The molecular weight excluding hydrogens is 184 g/mol. The maximum absolute atomic E-state index is 11.6. The summed E-state index contributed by atoms with van der Waals surface area (Å²) in [6.45, 7) is 0. The molecule has 0 radical (unpaired) electrons. The fourth-order valence-corrected chi connectivity index (χ4v) is 1.34. The summed E-state index contributed by atoms with van der Waals surface area (Å²) in [5.41, 5.74) is 1.65. The molecule has 0 fully saturated rings. The standard InChI is InChI=1S/C14H10O/c15-14(13-8-2-1-3-9-13)11-10-12-6-4-5-7-12/h1-6,8-9H,7H2. The molecule has 0 heterocycles. The number of rotatable bonds is 1. The smallest absolute Gasteiger partial charge is 0.236 e. The van der Waals surface area contributed by atoms with Gasteiger partial charge in [-0.25, -0.2) is 0 Å². The zero-order valence-corrected chi connectivity index (χ0v) is 8.23. The number of carbonyl (C=O) groups is 1. The van der Waals surface area contributed by atoms with E-state index in [1.165, 1.54) is 0 Å². The highest BCUT2D eigenvalue weighted by Crippen LogP contribution is 2.08. The van der Waals surface area contributed by atoms with Gasteiger partial charge >= 0.3 is 0 Å². The van der Waals surface area contributed by atoms with Crippen LogP contribution in [0.25, 0.3) is 0 Å². The van der Waals surface area contributed by atoms with Gasteiger partial charge in [0, 0.05) is 11.1 Å². The second-order valence-electron chi connectivity index (χ2n) is 3.27. The van der Waals surface area contributed by atoms with Crippen molar-refractivity contribution >= 4 is 5.78 Å². The molecule has 72 valence electrons. The summed E-state index contributed by atoms with van der Waals surface area (Å²) in [4.78, 5) is 11.6. The van der Waals surface area contributed by atoms with E-state index in [1.807, 2.05) is 36.4 Å². The Kier molecular flexibility index (Phi) is 2.80. The highest BCUT2D eigenvalue weighted by Gasteiger charge is 2.00. The molecule has 1 aliphatic rings. The lowest BCUT2D eigenvalue weighted by Crippen LogP contribution is -1.93. The molecule has 0 unspecified atom stereocenters. The van der Waals surface area contributed by atoms with Crippen LogP contribution in [0, 0.1) is 11.8 Å². The minimum Gasteiger partial charge on any atom is -0.279 e. The zero-order valence-electron chi connectivity index (χ0n) is 8.23. The van der Waals surface area contributed by atoms with Crippen molar-refractivity contribution < 1.29 is 4.79 Å². The number of hydrogen-bond acceptors (Lipinski definition) is 1. The van der Waals surface area contributed by atoms with Crippen LogP contribution in [0.2, 0.25) is 0 Å². The molecule has 0 saturated heterocycles. The Morgan fingerprint density at radius 1 is 1.20 bits per heavy atom. The third kappa shape index (κ3) is 2.45. The molecule has 0 atom stereocenters.